The Bertz CT molecular complexity index is 1340. The zero-order valence-electron chi connectivity index (χ0n) is 19.3. The molecule has 34 heavy (non-hydrogen) atoms. The largest absolute Gasteiger partial charge is 0.378 e. The molecule has 6 rings (SSSR count). The maximum Gasteiger partial charge on any atom is 0.182 e. The summed E-state index contributed by atoms with van der Waals surface area (Å²) in [5, 5.41) is 6.07. The molecule has 2 saturated heterocycles. The van der Waals surface area contributed by atoms with Crippen molar-refractivity contribution in [3.05, 3.63) is 48.3 Å². The second-order valence-electron chi connectivity index (χ2n) is 8.91. The Balaban J connectivity index is 0.00000253. The number of aromatic amines is 1. The summed E-state index contributed by atoms with van der Waals surface area (Å²) in [6.07, 6.45) is 5.84. The van der Waals surface area contributed by atoms with Gasteiger partial charge in [-0.2, -0.15) is 0 Å². The molecule has 2 fully saturated rings. The number of nitrogens with zero attached hydrogens (tertiary/aromatic N) is 6. The van der Waals surface area contributed by atoms with Gasteiger partial charge in [-0.25, -0.2) is 18.0 Å². The summed E-state index contributed by atoms with van der Waals surface area (Å²) in [4.78, 5) is 13.1. The van der Waals surface area contributed by atoms with Crippen molar-refractivity contribution >= 4 is 33.2 Å². The number of H-pyrrole nitrogens is 1. The molecule has 1 atom stereocenters. The van der Waals surface area contributed by atoms with Crippen molar-refractivity contribution in [2.75, 3.05) is 63.6 Å². The summed E-state index contributed by atoms with van der Waals surface area (Å²) >= 11 is 0. The second-order valence-corrected chi connectivity index (χ2v) is 10.3. The Morgan fingerprint density at radius 1 is 1.12 bits per heavy atom. The van der Waals surface area contributed by atoms with E-state index < -0.39 is 11.0 Å². The Kier molecular flexibility index (Phi) is 5.82. The van der Waals surface area contributed by atoms with Gasteiger partial charge in [-0.15, -0.1) is 5.10 Å². The lowest BCUT2D eigenvalue weighted by Gasteiger charge is -2.32. The van der Waals surface area contributed by atoms with Crippen molar-refractivity contribution in [3.63, 3.8) is 0 Å². The van der Waals surface area contributed by atoms with E-state index in [2.05, 4.69) is 45.2 Å². The van der Waals surface area contributed by atoms with Crippen LogP contribution < -0.4 is 4.90 Å². The first-order chi connectivity index (χ1) is 16.7. The van der Waals surface area contributed by atoms with E-state index in [1.54, 1.807) is 6.26 Å². The van der Waals surface area contributed by atoms with Crippen LogP contribution in [0.5, 0.6) is 0 Å². The van der Waals surface area contributed by atoms with Gasteiger partial charge in [0.2, 0.25) is 0 Å². The van der Waals surface area contributed by atoms with Crippen LogP contribution in [0.3, 0.4) is 0 Å². The van der Waals surface area contributed by atoms with E-state index >= 15 is 0 Å². The van der Waals surface area contributed by atoms with Crippen LogP contribution in [0.25, 0.3) is 27.8 Å². The van der Waals surface area contributed by atoms with E-state index in [1.165, 1.54) is 5.56 Å². The second kappa shape index (κ2) is 9.10. The van der Waals surface area contributed by atoms with Crippen LogP contribution in [0.15, 0.2) is 42.7 Å². The number of hydrogen-bond acceptors (Lipinski definition) is 6. The van der Waals surface area contributed by atoms with Gasteiger partial charge in [0, 0.05) is 82.4 Å². The molecule has 1 unspecified atom stereocenters. The van der Waals surface area contributed by atoms with Crippen molar-refractivity contribution in [3.8, 4) is 11.4 Å². The summed E-state index contributed by atoms with van der Waals surface area (Å²) in [7, 11) is -0.894. The first-order valence-electron chi connectivity index (χ1n) is 11.7. The summed E-state index contributed by atoms with van der Waals surface area (Å²) in [6, 6.07) is 10.5. The summed E-state index contributed by atoms with van der Waals surface area (Å²) in [5.41, 5.74) is 4.34. The minimum absolute atomic E-state index is 0. The lowest BCUT2D eigenvalue weighted by molar-refractivity contribution is 0.122. The first kappa shape index (κ1) is 21.7. The van der Waals surface area contributed by atoms with Crippen molar-refractivity contribution in [1.82, 2.24) is 28.8 Å². The molecular weight excluding hydrogens is 450 g/mol. The maximum absolute atomic E-state index is 11.8. The van der Waals surface area contributed by atoms with Crippen LogP contribution in [-0.2, 0) is 22.3 Å². The van der Waals surface area contributed by atoms with Gasteiger partial charge in [0.15, 0.2) is 11.6 Å². The highest BCUT2D eigenvalue weighted by Gasteiger charge is 2.22. The smallest absolute Gasteiger partial charge is 0.182 e. The Morgan fingerprint density at radius 3 is 2.74 bits per heavy atom. The molecule has 0 amide bonds. The molecule has 10 heteroatoms. The summed E-state index contributed by atoms with van der Waals surface area (Å²) < 4.78 is 21.4. The number of ether oxygens (including phenoxy) is 1. The zero-order chi connectivity index (χ0) is 23.1. The molecule has 0 bridgehead atoms. The normalized spacial score (nSPS) is 19.3. The fraction of sp³-hybridized carbons (Fsp3) is 0.417. The van der Waals surface area contributed by atoms with E-state index in [-0.39, 0.29) is 1.43 Å². The van der Waals surface area contributed by atoms with Crippen LogP contribution in [-0.4, -0.2) is 91.7 Å². The monoisotopic (exact) mass is 481 g/mol. The minimum Gasteiger partial charge on any atom is -0.378 e. The maximum atomic E-state index is 11.8. The van der Waals surface area contributed by atoms with Crippen LogP contribution >= 0.6 is 0 Å². The molecule has 0 radical (unpaired) electrons. The average Bonchev–Trinajstić information content (AvgIpc) is 3.50. The third-order valence-corrected chi connectivity index (χ3v) is 7.84. The van der Waals surface area contributed by atoms with Crippen molar-refractivity contribution < 1.29 is 10.4 Å². The number of rotatable bonds is 5. The van der Waals surface area contributed by atoms with Crippen LogP contribution in [0.4, 0.5) is 5.82 Å². The van der Waals surface area contributed by atoms with Gasteiger partial charge in [-0.3, -0.25) is 4.90 Å². The molecule has 4 aromatic rings. The summed E-state index contributed by atoms with van der Waals surface area (Å²) in [5.74, 6) is 1.68. The molecule has 2 aliphatic heterocycles. The Hall–Kier alpha value is -2.79. The van der Waals surface area contributed by atoms with Crippen molar-refractivity contribution in [1.29, 1.82) is 0 Å². The molecule has 0 spiro atoms. The van der Waals surface area contributed by atoms with E-state index in [9.17, 15) is 4.21 Å². The lowest BCUT2D eigenvalue weighted by Crippen LogP contribution is -2.46. The number of fused-ring (bicyclic) bond motifs is 2. The van der Waals surface area contributed by atoms with Gasteiger partial charge in [-0.05, 0) is 23.8 Å². The molecule has 9 nitrogen and oxygen atoms in total. The number of hydrogen-bond donors (Lipinski definition) is 1. The number of morpholine rings is 1. The number of nitrogens with one attached hydrogen (secondary N) is 1. The fourth-order valence-corrected chi connectivity index (χ4v) is 5.61. The quantitative estimate of drug-likeness (QED) is 0.471. The SMILES string of the molecule is CS(=O)N1CCN(Cc2cc3c(N4CCOCC4)nc(-c4cccc5[nH]ccc45)nn3c2)CC1.[HH]. The van der Waals surface area contributed by atoms with Crippen LogP contribution in [0.1, 0.15) is 6.99 Å². The molecule has 2 aliphatic rings. The number of piperazine rings is 1. The standard InChI is InChI=1S/C24H29N7O2S.H2/c1-34(32)30-9-7-28(8-10-30)16-18-15-22-24(29-11-13-33-14-12-29)26-23(27-31(22)17-18)20-3-2-4-21-19(20)5-6-25-21;/h2-6,15,17,25H,7-14,16H2,1H3;1H. The molecule has 0 saturated carbocycles. The average molecular weight is 482 g/mol. The molecule has 1 N–H and O–H groups in total. The van der Waals surface area contributed by atoms with Crippen molar-refractivity contribution in [2.45, 2.75) is 6.54 Å². The van der Waals surface area contributed by atoms with E-state index in [1.807, 2.05) is 21.1 Å². The first-order valence-corrected chi connectivity index (χ1v) is 13.3. The zero-order valence-corrected chi connectivity index (χ0v) is 20.1. The van der Waals surface area contributed by atoms with E-state index in [0.717, 1.165) is 79.4 Å². The van der Waals surface area contributed by atoms with Gasteiger partial charge in [0.25, 0.3) is 0 Å². The third kappa shape index (κ3) is 4.11. The van der Waals surface area contributed by atoms with Crippen LogP contribution in [0, 0.1) is 0 Å². The predicted octanol–water partition coefficient (Wildman–Crippen LogP) is 2.37. The molecular formula is C24H31N7O2S. The third-order valence-electron chi connectivity index (χ3n) is 6.75. The molecule has 180 valence electrons. The minimum atomic E-state index is -0.894. The Labute approximate surface area is 202 Å². The lowest BCUT2D eigenvalue weighted by atomic mass is 10.1. The highest BCUT2D eigenvalue weighted by molar-refractivity contribution is 7.81. The Morgan fingerprint density at radius 2 is 1.94 bits per heavy atom. The fourth-order valence-electron chi connectivity index (χ4n) is 4.93. The van der Waals surface area contributed by atoms with Crippen molar-refractivity contribution in [2.24, 2.45) is 0 Å². The highest BCUT2D eigenvalue weighted by atomic mass is 32.2. The summed E-state index contributed by atoms with van der Waals surface area (Å²) in [6.45, 7) is 7.38. The predicted molar refractivity (Wildman–Crippen MR) is 136 cm³/mol. The molecule has 0 aliphatic carbocycles. The number of aromatic nitrogens is 4. The van der Waals surface area contributed by atoms with Gasteiger partial charge in [-0.1, -0.05) is 12.1 Å². The van der Waals surface area contributed by atoms with E-state index in [0.29, 0.717) is 13.2 Å². The number of benzene rings is 1. The molecule has 3 aromatic heterocycles. The molecule has 1 aromatic carbocycles. The number of anilines is 1. The van der Waals surface area contributed by atoms with Crippen LogP contribution in [0.2, 0.25) is 0 Å². The highest BCUT2D eigenvalue weighted by Crippen LogP contribution is 2.30. The van der Waals surface area contributed by atoms with E-state index in [4.69, 9.17) is 14.8 Å². The van der Waals surface area contributed by atoms with Gasteiger partial charge in [0.1, 0.15) is 5.52 Å². The van der Waals surface area contributed by atoms with Gasteiger partial charge < -0.3 is 14.6 Å². The topological polar surface area (TPSA) is 82.0 Å². The molecule has 5 heterocycles. The van der Waals surface area contributed by atoms with Gasteiger partial charge >= 0.3 is 0 Å². The van der Waals surface area contributed by atoms with Gasteiger partial charge in [0.05, 0.1) is 24.2 Å².